The largest absolute Gasteiger partial charge is 0.433 e. The number of aromatic nitrogens is 3. The lowest BCUT2D eigenvalue weighted by Crippen LogP contribution is -2.23. The van der Waals surface area contributed by atoms with E-state index < -0.39 is 6.61 Å². The van der Waals surface area contributed by atoms with Gasteiger partial charge in [-0.1, -0.05) is 24.6 Å². The zero-order valence-electron chi connectivity index (χ0n) is 15.6. The number of pyridine rings is 1. The number of para-hydroxylation sites is 1. The molecule has 0 saturated heterocycles. The second kappa shape index (κ2) is 8.20. The molecule has 0 amide bonds. The van der Waals surface area contributed by atoms with E-state index in [0.717, 1.165) is 0 Å². The van der Waals surface area contributed by atoms with Crippen molar-refractivity contribution in [2.24, 2.45) is 0 Å². The highest BCUT2D eigenvalue weighted by atomic mass is 35.5. The third kappa shape index (κ3) is 3.70. The minimum absolute atomic E-state index is 0.143. The van der Waals surface area contributed by atoms with Crippen molar-refractivity contribution in [3.8, 4) is 11.4 Å². The highest BCUT2D eigenvalue weighted by molar-refractivity contribution is 6.29. The first-order valence-electron chi connectivity index (χ1n) is 8.62. The summed E-state index contributed by atoms with van der Waals surface area (Å²) in [4.78, 5) is 22.7. The highest BCUT2D eigenvalue weighted by Crippen LogP contribution is 2.35. The van der Waals surface area contributed by atoms with Crippen LogP contribution in [0.3, 0.4) is 0 Å². The van der Waals surface area contributed by atoms with Crippen molar-refractivity contribution >= 4 is 29.1 Å². The Bertz CT molecular complexity index is 1010. The van der Waals surface area contributed by atoms with Crippen LogP contribution >= 0.6 is 11.6 Å². The van der Waals surface area contributed by atoms with Crippen molar-refractivity contribution < 1.29 is 18.3 Å². The molecule has 2 heterocycles. The predicted octanol–water partition coefficient (Wildman–Crippen LogP) is 4.50. The van der Waals surface area contributed by atoms with Crippen LogP contribution in [0.15, 0.2) is 30.3 Å². The Kier molecular flexibility index (Phi) is 5.90. The van der Waals surface area contributed by atoms with Crippen molar-refractivity contribution in [2.75, 3.05) is 14.1 Å². The van der Waals surface area contributed by atoms with Gasteiger partial charge >= 0.3 is 6.61 Å². The van der Waals surface area contributed by atoms with Gasteiger partial charge in [0.05, 0.1) is 6.04 Å². The lowest BCUT2D eigenvalue weighted by Gasteiger charge is -2.24. The van der Waals surface area contributed by atoms with Gasteiger partial charge in [0.2, 0.25) is 0 Å². The van der Waals surface area contributed by atoms with E-state index in [0.29, 0.717) is 29.7 Å². The second-order valence-corrected chi connectivity index (χ2v) is 6.75. The number of hydrogen-bond donors (Lipinski definition) is 0. The normalized spacial score (nSPS) is 12.7. The zero-order valence-corrected chi connectivity index (χ0v) is 16.3. The standard InChI is InChI=1S/C19H19ClF2N4O2/c1-4-13(25(2)3)18-23-12-8-9-15(20)24-17(12)26(18)16-11(10-27)6-5-7-14(16)28-19(21)22/h5-10,13,19H,4H2,1-3H3. The maximum Gasteiger partial charge on any atom is 0.387 e. The van der Waals surface area contributed by atoms with Gasteiger partial charge in [-0.2, -0.15) is 8.78 Å². The molecule has 3 rings (SSSR count). The number of imidazole rings is 1. The number of carbonyl (C=O) groups is 1. The fraction of sp³-hybridized carbons (Fsp3) is 0.316. The van der Waals surface area contributed by atoms with Gasteiger partial charge in [0, 0.05) is 5.56 Å². The first-order valence-corrected chi connectivity index (χ1v) is 8.99. The van der Waals surface area contributed by atoms with Crippen LogP contribution in [0.25, 0.3) is 16.9 Å². The smallest absolute Gasteiger partial charge is 0.387 e. The van der Waals surface area contributed by atoms with Crippen LogP contribution < -0.4 is 4.74 Å². The summed E-state index contributed by atoms with van der Waals surface area (Å²) in [7, 11) is 3.78. The van der Waals surface area contributed by atoms with Gasteiger partial charge in [0.1, 0.15) is 22.2 Å². The number of aldehydes is 1. The molecule has 0 aliphatic rings. The van der Waals surface area contributed by atoms with Gasteiger partial charge < -0.3 is 4.74 Å². The molecule has 0 N–H and O–H groups in total. The fourth-order valence-electron chi connectivity index (χ4n) is 3.24. The van der Waals surface area contributed by atoms with Gasteiger partial charge in [-0.05, 0) is 44.8 Å². The third-order valence-corrected chi connectivity index (χ3v) is 4.61. The number of nitrogens with zero attached hydrogens (tertiary/aromatic N) is 4. The molecule has 0 aliphatic heterocycles. The van der Waals surface area contributed by atoms with E-state index in [1.54, 1.807) is 16.7 Å². The molecule has 0 bridgehead atoms. The fourth-order valence-corrected chi connectivity index (χ4v) is 3.38. The highest BCUT2D eigenvalue weighted by Gasteiger charge is 2.26. The summed E-state index contributed by atoms with van der Waals surface area (Å²) in [5.74, 6) is 0.404. The number of ether oxygens (including phenoxy) is 1. The number of benzene rings is 1. The van der Waals surface area contributed by atoms with Crippen molar-refractivity contribution in [1.82, 2.24) is 19.4 Å². The van der Waals surface area contributed by atoms with Crippen LogP contribution in [-0.2, 0) is 0 Å². The lowest BCUT2D eigenvalue weighted by atomic mass is 10.1. The third-order valence-electron chi connectivity index (χ3n) is 4.40. The Morgan fingerprint density at radius 2 is 2.00 bits per heavy atom. The molecule has 9 heteroatoms. The average Bonchev–Trinajstić information content (AvgIpc) is 2.99. The maximum absolute atomic E-state index is 13.0. The minimum Gasteiger partial charge on any atom is -0.433 e. The summed E-state index contributed by atoms with van der Waals surface area (Å²) in [6.45, 7) is -1.07. The molecule has 0 radical (unpaired) electrons. The Morgan fingerprint density at radius 3 is 2.61 bits per heavy atom. The van der Waals surface area contributed by atoms with Crippen LogP contribution in [0.2, 0.25) is 5.15 Å². The summed E-state index contributed by atoms with van der Waals surface area (Å²) < 4.78 is 32.3. The molecule has 0 fully saturated rings. The molecular weight excluding hydrogens is 390 g/mol. The Morgan fingerprint density at radius 1 is 1.25 bits per heavy atom. The van der Waals surface area contributed by atoms with Gasteiger partial charge in [0.15, 0.2) is 17.7 Å². The summed E-state index contributed by atoms with van der Waals surface area (Å²) in [5, 5.41) is 0.220. The first kappa shape index (κ1) is 20.2. The van der Waals surface area contributed by atoms with Crippen LogP contribution in [0, 0.1) is 0 Å². The summed E-state index contributed by atoms with van der Waals surface area (Å²) in [6.07, 6.45) is 1.28. The molecule has 148 valence electrons. The van der Waals surface area contributed by atoms with Crippen LogP contribution in [0.4, 0.5) is 8.78 Å². The summed E-state index contributed by atoms with van der Waals surface area (Å²) in [6, 6.07) is 7.52. The number of halogens is 3. The van der Waals surface area contributed by atoms with Gasteiger partial charge in [-0.25, -0.2) is 9.97 Å². The van der Waals surface area contributed by atoms with Crippen molar-refractivity contribution in [3.63, 3.8) is 0 Å². The minimum atomic E-state index is -3.05. The van der Waals surface area contributed by atoms with Crippen LogP contribution in [0.1, 0.15) is 35.6 Å². The van der Waals surface area contributed by atoms with Gasteiger partial charge in [-0.3, -0.25) is 14.3 Å². The Balaban J connectivity index is 2.42. The molecule has 0 spiro atoms. The van der Waals surface area contributed by atoms with Gasteiger partial charge in [0.25, 0.3) is 0 Å². The Labute approximate surface area is 165 Å². The summed E-state index contributed by atoms with van der Waals surface area (Å²) >= 11 is 6.08. The van der Waals surface area contributed by atoms with Crippen molar-refractivity contribution in [2.45, 2.75) is 26.0 Å². The van der Waals surface area contributed by atoms with E-state index in [1.165, 1.54) is 18.2 Å². The molecule has 28 heavy (non-hydrogen) atoms. The zero-order chi connectivity index (χ0) is 20.4. The molecule has 0 aliphatic carbocycles. The van der Waals surface area contributed by atoms with Crippen LogP contribution in [0.5, 0.6) is 5.75 Å². The molecule has 0 saturated carbocycles. The number of fused-ring (bicyclic) bond motifs is 1. The lowest BCUT2D eigenvalue weighted by molar-refractivity contribution is -0.0498. The molecule has 1 unspecified atom stereocenters. The van der Waals surface area contributed by atoms with Crippen molar-refractivity contribution in [1.29, 1.82) is 0 Å². The molecule has 1 atom stereocenters. The molecule has 1 aromatic carbocycles. The molecule has 3 aromatic rings. The maximum atomic E-state index is 13.0. The number of rotatable bonds is 7. The first-order chi connectivity index (χ1) is 13.4. The Hall–Kier alpha value is -2.58. The predicted molar refractivity (Wildman–Crippen MR) is 103 cm³/mol. The van der Waals surface area contributed by atoms with E-state index in [1.807, 2.05) is 25.9 Å². The second-order valence-electron chi connectivity index (χ2n) is 6.36. The van der Waals surface area contributed by atoms with E-state index in [9.17, 15) is 13.6 Å². The SMILES string of the molecule is CCC(c1nc2ccc(Cl)nc2n1-c1c(C=O)cccc1OC(F)F)N(C)C. The molecule has 2 aromatic heterocycles. The van der Waals surface area contributed by atoms with Crippen molar-refractivity contribution in [3.05, 3.63) is 46.9 Å². The van der Waals surface area contributed by atoms with E-state index in [-0.39, 0.29) is 28.2 Å². The topological polar surface area (TPSA) is 60.3 Å². The van der Waals surface area contributed by atoms with Gasteiger partial charge in [-0.15, -0.1) is 0 Å². The van der Waals surface area contributed by atoms with E-state index in [2.05, 4.69) is 9.97 Å². The van der Waals surface area contributed by atoms with E-state index in [4.69, 9.17) is 16.3 Å². The summed E-state index contributed by atoms with van der Waals surface area (Å²) in [5.41, 5.74) is 1.22. The number of alkyl halides is 2. The monoisotopic (exact) mass is 408 g/mol. The molecular formula is C19H19ClF2N4O2. The quantitative estimate of drug-likeness (QED) is 0.425. The molecule has 6 nitrogen and oxygen atoms in total. The van der Waals surface area contributed by atoms with E-state index >= 15 is 0 Å². The number of hydrogen-bond acceptors (Lipinski definition) is 5. The average molecular weight is 409 g/mol. The van der Waals surface area contributed by atoms with Crippen LogP contribution in [-0.4, -0.2) is 46.4 Å². The number of carbonyl (C=O) groups excluding carboxylic acids is 1.